The van der Waals surface area contributed by atoms with Crippen molar-refractivity contribution < 1.29 is 4.52 Å². The number of H-pyrrole nitrogens is 1. The van der Waals surface area contributed by atoms with Gasteiger partial charge >= 0.3 is 5.69 Å². The van der Waals surface area contributed by atoms with Crippen LogP contribution >= 0.6 is 0 Å². The molecule has 0 aliphatic heterocycles. The minimum Gasteiger partial charge on any atom is -0.332 e. The molecule has 4 aromatic rings. The zero-order chi connectivity index (χ0) is 18.3. The highest BCUT2D eigenvalue weighted by atomic mass is 16.5. The Labute approximate surface area is 149 Å². The number of nitrogens with zero attached hydrogens (tertiary/aromatic N) is 4. The molecule has 3 aromatic heterocycles. The molecule has 7 heteroatoms. The predicted molar refractivity (Wildman–Crippen MR) is 97.1 cm³/mol. The molecule has 4 rings (SSSR count). The average molecular weight is 347 g/mol. The highest BCUT2D eigenvalue weighted by Gasteiger charge is 2.14. The maximum Gasteiger partial charge on any atom is 0.330 e. The summed E-state index contributed by atoms with van der Waals surface area (Å²) in [4.78, 5) is 23.4. The molecule has 7 nitrogen and oxygen atoms in total. The fourth-order valence-electron chi connectivity index (χ4n) is 2.91. The molecule has 1 aromatic carbocycles. The van der Waals surface area contributed by atoms with Crippen LogP contribution in [0.15, 0.2) is 52.0 Å². The highest BCUT2D eigenvalue weighted by Crippen LogP contribution is 2.24. The van der Waals surface area contributed by atoms with Crippen LogP contribution in [0, 0.1) is 20.8 Å². The molecule has 0 aliphatic rings. The number of hydrogen-bond acceptors (Lipinski definition) is 5. The number of aromatic nitrogens is 5. The minimum absolute atomic E-state index is 0.169. The van der Waals surface area contributed by atoms with Crippen LogP contribution in [0.5, 0.6) is 0 Å². The summed E-state index contributed by atoms with van der Waals surface area (Å²) >= 11 is 0. The van der Waals surface area contributed by atoms with E-state index in [0.717, 1.165) is 28.1 Å². The third kappa shape index (κ3) is 2.73. The number of rotatable bonds is 3. The lowest BCUT2D eigenvalue weighted by molar-refractivity contribution is 0.430. The molecule has 0 saturated carbocycles. The molecular formula is C19H17N5O2. The number of aryl methyl sites for hydroxylation is 3. The van der Waals surface area contributed by atoms with Crippen LogP contribution in [0.4, 0.5) is 0 Å². The molecule has 0 unspecified atom stereocenters. The van der Waals surface area contributed by atoms with E-state index in [9.17, 15) is 4.79 Å². The SMILES string of the molecule is Cc1cnc(-c2nc(-c3ccc(-n4c(C)c[nH]c4=O)cc3)no2)c(C)c1. The first-order valence-corrected chi connectivity index (χ1v) is 8.18. The van der Waals surface area contributed by atoms with Gasteiger partial charge in [0.1, 0.15) is 5.69 Å². The largest absolute Gasteiger partial charge is 0.332 e. The number of hydrogen-bond donors (Lipinski definition) is 1. The van der Waals surface area contributed by atoms with E-state index in [-0.39, 0.29) is 5.69 Å². The molecule has 0 bridgehead atoms. The lowest BCUT2D eigenvalue weighted by Gasteiger charge is -2.04. The summed E-state index contributed by atoms with van der Waals surface area (Å²) < 4.78 is 6.98. The van der Waals surface area contributed by atoms with Crippen molar-refractivity contribution in [1.29, 1.82) is 0 Å². The number of imidazole rings is 1. The second-order valence-corrected chi connectivity index (χ2v) is 6.22. The van der Waals surface area contributed by atoms with Crippen molar-refractivity contribution in [3.05, 3.63) is 70.0 Å². The first-order chi connectivity index (χ1) is 12.5. The van der Waals surface area contributed by atoms with E-state index in [4.69, 9.17) is 4.52 Å². The standard InChI is InChI=1S/C19H17N5O2/c1-11-8-12(2)16(20-9-11)18-22-17(23-26-18)14-4-6-15(7-5-14)24-13(3)10-21-19(24)25/h4-10H,1-3H3,(H,21,25). The van der Waals surface area contributed by atoms with Crippen molar-refractivity contribution in [1.82, 2.24) is 24.7 Å². The van der Waals surface area contributed by atoms with Crippen LogP contribution in [-0.2, 0) is 0 Å². The Morgan fingerprint density at radius 3 is 2.54 bits per heavy atom. The highest BCUT2D eigenvalue weighted by molar-refractivity contribution is 5.61. The average Bonchev–Trinajstić information content (AvgIpc) is 3.22. The molecule has 0 atom stereocenters. The van der Waals surface area contributed by atoms with E-state index in [1.54, 1.807) is 17.0 Å². The lowest BCUT2D eigenvalue weighted by Crippen LogP contribution is -2.15. The quantitative estimate of drug-likeness (QED) is 0.615. The topological polar surface area (TPSA) is 89.6 Å². The van der Waals surface area contributed by atoms with Gasteiger partial charge < -0.3 is 9.51 Å². The molecule has 0 fully saturated rings. The third-order valence-corrected chi connectivity index (χ3v) is 4.19. The van der Waals surface area contributed by atoms with Crippen LogP contribution < -0.4 is 5.69 Å². The Bertz CT molecular complexity index is 1140. The van der Waals surface area contributed by atoms with Crippen LogP contribution in [-0.4, -0.2) is 24.7 Å². The fraction of sp³-hybridized carbons (Fsp3) is 0.158. The summed E-state index contributed by atoms with van der Waals surface area (Å²) in [5, 5.41) is 4.05. The molecule has 3 heterocycles. The van der Waals surface area contributed by atoms with Gasteiger partial charge in [0.2, 0.25) is 5.82 Å². The Kier molecular flexibility index (Phi) is 3.76. The Morgan fingerprint density at radius 1 is 1.12 bits per heavy atom. The van der Waals surface area contributed by atoms with Crippen LogP contribution in [0.1, 0.15) is 16.8 Å². The zero-order valence-corrected chi connectivity index (χ0v) is 14.6. The van der Waals surface area contributed by atoms with Crippen LogP contribution in [0.3, 0.4) is 0 Å². The Morgan fingerprint density at radius 2 is 1.88 bits per heavy atom. The number of nitrogens with one attached hydrogen (secondary N) is 1. The first-order valence-electron chi connectivity index (χ1n) is 8.18. The van der Waals surface area contributed by atoms with Crippen LogP contribution in [0.25, 0.3) is 28.7 Å². The maximum absolute atomic E-state index is 11.9. The van der Waals surface area contributed by atoms with Gasteiger partial charge in [0.05, 0.1) is 5.69 Å². The summed E-state index contributed by atoms with van der Waals surface area (Å²) in [5.41, 5.74) is 4.99. The van der Waals surface area contributed by atoms with Crippen molar-refractivity contribution in [3.8, 4) is 28.7 Å². The molecule has 0 amide bonds. The molecule has 26 heavy (non-hydrogen) atoms. The van der Waals surface area contributed by atoms with Gasteiger partial charge in [0, 0.05) is 23.7 Å². The molecule has 0 saturated heterocycles. The second kappa shape index (κ2) is 6.11. The van der Waals surface area contributed by atoms with Gasteiger partial charge in [-0.25, -0.2) is 4.79 Å². The van der Waals surface area contributed by atoms with Crippen LogP contribution in [0.2, 0.25) is 0 Å². The van der Waals surface area contributed by atoms with Gasteiger partial charge in [-0.2, -0.15) is 4.98 Å². The third-order valence-electron chi connectivity index (χ3n) is 4.19. The van der Waals surface area contributed by atoms with Gasteiger partial charge in [0.25, 0.3) is 5.89 Å². The normalized spacial score (nSPS) is 11.0. The minimum atomic E-state index is -0.169. The molecule has 130 valence electrons. The number of pyridine rings is 1. The van der Waals surface area contributed by atoms with E-state index in [1.165, 1.54) is 0 Å². The van der Waals surface area contributed by atoms with Gasteiger partial charge in [-0.3, -0.25) is 9.55 Å². The lowest BCUT2D eigenvalue weighted by atomic mass is 10.1. The molecule has 0 radical (unpaired) electrons. The van der Waals surface area contributed by atoms with Gasteiger partial charge in [-0.1, -0.05) is 11.2 Å². The van der Waals surface area contributed by atoms with E-state index in [1.807, 2.05) is 51.1 Å². The summed E-state index contributed by atoms with van der Waals surface area (Å²) in [6.07, 6.45) is 3.45. The van der Waals surface area contributed by atoms with Crippen molar-refractivity contribution in [2.45, 2.75) is 20.8 Å². The molecule has 1 N–H and O–H groups in total. The Balaban J connectivity index is 1.67. The molecule has 0 spiro atoms. The van der Waals surface area contributed by atoms with Crippen molar-refractivity contribution >= 4 is 0 Å². The second-order valence-electron chi connectivity index (χ2n) is 6.22. The Hall–Kier alpha value is -3.48. The van der Waals surface area contributed by atoms with E-state index in [2.05, 4.69) is 20.1 Å². The predicted octanol–water partition coefficient (Wildman–Crippen LogP) is 3.20. The monoisotopic (exact) mass is 347 g/mol. The maximum atomic E-state index is 11.9. The smallest absolute Gasteiger partial charge is 0.330 e. The van der Waals surface area contributed by atoms with E-state index >= 15 is 0 Å². The fourth-order valence-corrected chi connectivity index (χ4v) is 2.91. The molecule has 0 aliphatic carbocycles. The van der Waals surface area contributed by atoms with Gasteiger partial charge in [0.15, 0.2) is 0 Å². The number of benzene rings is 1. The van der Waals surface area contributed by atoms with Gasteiger partial charge in [-0.15, -0.1) is 0 Å². The van der Waals surface area contributed by atoms with Crippen molar-refractivity contribution in [3.63, 3.8) is 0 Å². The summed E-state index contributed by atoms with van der Waals surface area (Å²) in [6, 6.07) is 9.44. The summed E-state index contributed by atoms with van der Waals surface area (Å²) in [7, 11) is 0. The summed E-state index contributed by atoms with van der Waals surface area (Å²) in [5.74, 6) is 0.866. The zero-order valence-electron chi connectivity index (χ0n) is 14.6. The summed E-state index contributed by atoms with van der Waals surface area (Å²) in [6.45, 7) is 5.82. The van der Waals surface area contributed by atoms with Crippen molar-refractivity contribution in [2.75, 3.05) is 0 Å². The first kappa shape index (κ1) is 16.0. The van der Waals surface area contributed by atoms with Crippen molar-refractivity contribution in [2.24, 2.45) is 0 Å². The van der Waals surface area contributed by atoms with E-state index < -0.39 is 0 Å². The molecular weight excluding hydrogens is 330 g/mol. The van der Waals surface area contributed by atoms with E-state index in [0.29, 0.717) is 17.4 Å². The number of aromatic amines is 1. The van der Waals surface area contributed by atoms with Gasteiger partial charge in [-0.05, 0) is 56.2 Å².